The van der Waals surface area contributed by atoms with Gasteiger partial charge in [0.1, 0.15) is 4.21 Å². The van der Waals surface area contributed by atoms with Crippen LogP contribution in [-0.4, -0.2) is 8.42 Å². The molecule has 1 aromatic carbocycles. The van der Waals surface area contributed by atoms with Gasteiger partial charge in [-0.3, -0.25) is 4.72 Å². The van der Waals surface area contributed by atoms with Crippen LogP contribution in [0.15, 0.2) is 34.5 Å². The largest absolute Gasteiger partial charge is 0.278 e. The molecule has 0 radical (unpaired) electrons. The third kappa shape index (κ3) is 3.16. The topological polar surface area (TPSA) is 46.2 Å². The van der Waals surface area contributed by atoms with Crippen LogP contribution in [0, 0.1) is 6.92 Å². The Morgan fingerprint density at radius 1 is 1.20 bits per heavy atom. The summed E-state index contributed by atoms with van der Waals surface area (Å²) in [4.78, 5) is 0. The van der Waals surface area contributed by atoms with Crippen LogP contribution in [0.4, 0.5) is 5.69 Å². The summed E-state index contributed by atoms with van der Waals surface area (Å²) in [6.45, 7) is 5.97. The molecule has 0 amide bonds. The molecule has 0 bridgehead atoms. The van der Waals surface area contributed by atoms with Gasteiger partial charge in [-0.2, -0.15) is 0 Å². The summed E-state index contributed by atoms with van der Waals surface area (Å²) in [6.07, 6.45) is 0. The average molecular weight is 330 g/mol. The molecule has 0 unspecified atom stereocenters. The number of hydrogen-bond acceptors (Lipinski definition) is 3. The van der Waals surface area contributed by atoms with Crippen LogP contribution in [0.1, 0.15) is 30.9 Å². The molecule has 1 aromatic heterocycles. The molecule has 2 rings (SSSR count). The van der Waals surface area contributed by atoms with Crippen molar-refractivity contribution in [2.45, 2.75) is 30.9 Å². The average Bonchev–Trinajstić information content (AvgIpc) is 2.79. The van der Waals surface area contributed by atoms with Crippen molar-refractivity contribution in [3.63, 3.8) is 0 Å². The Morgan fingerprint density at radius 2 is 1.90 bits per heavy atom. The van der Waals surface area contributed by atoms with Gasteiger partial charge in [0.2, 0.25) is 0 Å². The number of anilines is 1. The van der Waals surface area contributed by atoms with E-state index in [2.05, 4.69) is 4.72 Å². The number of sulfonamides is 1. The van der Waals surface area contributed by atoms with Crippen LogP contribution in [0.2, 0.25) is 4.34 Å². The van der Waals surface area contributed by atoms with Gasteiger partial charge in [0, 0.05) is 0 Å². The number of hydrogen-bond donors (Lipinski definition) is 1. The molecular formula is C14H16ClNO2S2. The van der Waals surface area contributed by atoms with E-state index in [9.17, 15) is 8.42 Å². The Kier molecular flexibility index (Phi) is 4.42. The fraction of sp³-hybridized carbons (Fsp3) is 0.286. The van der Waals surface area contributed by atoms with E-state index in [-0.39, 0.29) is 10.1 Å². The van der Waals surface area contributed by atoms with Gasteiger partial charge < -0.3 is 0 Å². The lowest BCUT2D eigenvalue weighted by molar-refractivity contribution is 0.603. The second-order valence-corrected chi connectivity index (χ2v) is 8.48. The minimum atomic E-state index is -3.59. The van der Waals surface area contributed by atoms with Gasteiger partial charge in [-0.1, -0.05) is 43.6 Å². The van der Waals surface area contributed by atoms with Crippen LogP contribution in [0.3, 0.4) is 0 Å². The number of aryl methyl sites for hydroxylation is 1. The first-order chi connectivity index (χ1) is 9.31. The van der Waals surface area contributed by atoms with Crippen molar-refractivity contribution in [1.82, 2.24) is 0 Å². The van der Waals surface area contributed by atoms with Crippen LogP contribution in [-0.2, 0) is 10.0 Å². The maximum atomic E-state index is 12.4. The summed E-state index contributed by atoms with van der Waals surface area (Å²) in [5, 5.41) is 0. The number of thiophene rings is 1. The molecule has 0 aliphatic rings. The predicted octanol–water partition coefficient (Wildman–Crippen LogP) is 4.63. The molecule has 0 fully saturated rings. The lowest BCUT2D eigenvalue weighted by atomic mass is 9.99. The van der Waals surface area contributed by atoms with Gasteiger partial charge in [-0.15, -0.1) is 11.3 Å². The third-order valence-electron chi connectivity index (χ3n) is 2.98. The second kappa shape index (κ2) is 5.76. The molecule has 0 saturated heterocycles. The predicted molar refractivity (Wildman–Crippen MR) is 85.4 cm³/mol. The Bertz CT molecular complexity index is 721. The molecule has 1 heterocycles. The van der Waals surface area contributed by atoms with E-state index < -0.39 is 10.0 Å². The minimum Gasteiger partial charge on any atom is -0.278 e. The molecule has 2 aromatic rings. The molecule has 6 heteroatoms. The molecule has 108 valence electrons. The number of benzene rings is 1. The van der Waals surface area contributed by atoms with Crippen molar-refractivity contribution in [3.8, 4) is 0 Å². The van der Waals surface area contributed by atoms with Crippen molar-refractivity contribution in [1.29, 1.82) is 0 Å². The molecule has 0 saturated carbocycles. The fourth-order valence-electron chi connectivity index (χ4n) is 1.94. The first-order valence-electron chi connectivity index (χ1n) is 6.19. The fourth-order valence-corrected chi connectivity index (χ4v) is 4.58. The molecule has 20 heavy (non-hydrogen) atoms. The molecule has 0 aliphatic carbocycles. The Labute approximate surface area is 128 Å². The van der Waals surface area contributed by atoms with Crippen LogP contribution < -0.4 is 4.72 Å². The molecule has 0 atom stereocenters. The van der Waals surface area contributed by atoms with E-state index >= 15 is 0 Å². The highest BCUT2D eigenvalue weighted by Gasteiger charge is 2.20. The van der Waals surface area contributed by atoms with Gasteiger partial charge >= 0.3 is 0 Å². The SMILES string of the molecule is Cc1cccc(C(C)C)c1NS(=O)(=O)c1ccc(Cl)s1. The monoisotopic (exact) mass is 329 g/mol. The van der Waals surface area contributed by atoms with Crippen molar-refractivity contribution in [3.05, 3.63) is 45.8 Å². The Hall–Kier alpha value is -1.04. The summed E-state index contributed by atoms with van der Waals surface area (Å²) in [6, 6.07) is 8.87. The molecule has 0 spiro atoms. The van der Waals surface area contributed by atoms with E-state index in [1.165, 1.54) is 6.07 Å². The second-order valence-electron chi connectivity index (χ2n) is 4.86. The standard InChI is InChI=1S/C14H16ClNO2S2/c1-9(2)11-6-4-5-10(3)14(11)16-20(17,18)13-8-7-12(15)19-13/h4-9,16H,1-3H3. The van der Waals surface area contributed by atoms with Crippen molar-refractivity contribution in [2.24, 2.45) is 0 Å². The zero-order valence-electron chi connectivity index (χ0n) is 11.5. The lowest BCUT2D eigenvalue weighted by Gasteiger charge is -2.16. The highest BCUT2D eigenvalue weighted by molar-refractivity contribution is 7.94. The highest BCUT2D eigenvalue weighted by atomic mass is 35.5. The van der Waals surface area contributed by atoms with Crippen LogP contribution in [0.5, 0.6) is 0 Å². The zero-order chi connectivity index (χ0) is 14.9. The summed E-state index contributed by atoms with van der Waals surface area (Å²) in [7, 11) is -3.59. The number of halogens is 1. The van der Waals surface area contributed by atoms with E-state index in [0.717, 1.165) is 22.5 Å². The molecule has 3 nitrogen and oxygen atoms in total. The quantitative estimate of drug-likeness (QED) is 0.888. The van der Waals surface area contributed by atoms with E-state index in [0.29, 0.717) is 10.0 Å². The van der Waals surface area contributed by atoms with Crippen molar-refractivity contribution < 1.29 is 8.42 Å². The molecular weight excluding hydrogens is 314 g/mol. The summed E-state index contributed by atoms with van der Waals surface area (Å²) in [5.41, 5.74) is 2.55. The van der Waals surface area contributed by atoms with Gasteiger partial charge in [-0.25, -0.2) is 8.42 Å². The minimum absolute atomic E-state index is 0.223. The van der Waals surface area contributed by atoms with Gasteiger partial charge in [0.05, 0.1) is 10.0 Å². The highest BCUT2D eigenvalue weighted by Crippen LogP contribution is 2.32. The lowest BCUT2D eigenvalue weighted by Crippen LogP contribution is -2.14. The van der Waals surface area contributed by atoms with Crippen LogP contribution >= 0.6 is 22.9 Å². The van der Waals surface area contributed by atoms with Crippen molar-refractivity contribution in [2.75, 3.05) is 4.72 Å². The van der Waals surface area contributed by atoms with Crippen LogP contribution in [0.25, 0.3) is 0 Å². The van der Waals surface area contributed by atoms with E-state index in [4.69, 9.17) is 11.6 Å². The maximum absolute atomic E-state index is 12.4. The summed E-state index contributed by atoms with van der Waals surface area (Å²) in [5.74, 6) is 0.236. The first kappa shape index (κ1) is 15.4. The van der Waals surface area contributed by atoms with Gasteiger partial charge in [0.25, 0.3) is 10.0 Å². The molecule has 1 N–H and O–H groups in total. The Morgan fingerprint density at radius 3 is 2.45 bits per heavy atom. The Balaban J connectivity index is 2.44. The third-order valence-corrected chi connectivity index (χ3v) is 6.05. The zero-order valence-corrected chi connectivity index (χ0v) is 13.9. The number of rotatable bonds is 4. The summed E-state index contributed by atoms with van der Waals surface area (Å²) >= 11 is 6.86. The van der Waals surface area contributed by atoms with E-state index in [1.807, 2.05) is 39.0 Å². The van der Waals surface area contributed by atoms with Gasteiger partial charge in [-0.05, 0) is 36.1 Å². The maximum Gasteiger partial charge on any atom is 0.271 e. The van der Waals surface area contributed by atoms with Gasteiger partial charge in [0.15, 0.2) is 0 Å². The summed E-state index contributed by atoms with van der Waals surface area (Å²) < 4.78 is 28.1. The smallest absolute Gasteiger partial charge is 0.271 e. The normalized spacial score (nSPS) is 11.8. The van der Waals surface area contributed by atoms with E-state index in [1.54, 1.807) is 6.07 Å². The number of para-hydroxylation sites is 1. The first-order valence-corrected chi connectivity index (χ1v) is 8.86. The number of nitrogens with one attached hydrogen (secondary N) is 1. The van der Waals surface area contributed by atoms with Crippen molar-refractivity contribution >= 4 is 38.6 Å². The molecule has 0 aliphatic heterocycles.